The lowest BCUT2D eigenvalue weighted by Gasteiger charge is -2.06. The summed E-state index contributed by atoms with van der Waals surface area (Å²) in [4.78, 5) is 16.4. The fourth-order valence-corrected chi connectivity index (χ4v) is 2.51. The number of aromatic nitrogens is 1. The Morgan fingerprint density at radius 2 is 1.73 bits per heavy atom. The molecule has 3 aromatic rings. The number of rotatable bonds is 6. The van der Waals surface area contributed by atoms with Crippen molar-refractivity contribution in [3.8, 4) is 0 Å². The second-order valence-corrected chi connectivity index (χ2v) is 6.16. The summed E-state index contributed by atoms with van der Waals surface area (Å²) in [5.41, 5.74) is 15.5. The molecule has 0 bridgehead atoms. The minimum Gasteiger partial charge on any atom is -0.446 e. The van der Waals surface area contributed by atoms with E-state index in [1.165, 1.54) is 11.8 Å². The van der Waals surface area contributed by atoms with Crippen LogP contribution >= 0.6 is 0 Å². The summed E-state index contributed by atoms with van der Waals surface area (Å²) in [5.74, 6) is 0.0473. The number of hydrogen-bond acceptors (Lipinski definition) is 5. The van der Waals surface area contributed by atoms with Gasteiger partial charge in [0.15, 0.2) is 5.69 Å². The van der Waals surface area contributed by atoms with Gasteiger partial charge in [0.05, 0.1) is 6.04 Å². The highest BCUT2D eigenvalue weighted by molar-refractivity contribution is 6.02. The first-order valence-electron chi connectivity index (χ1n) is 8.51. The Bertz CT molecular complexity index is 870. The van der Waals surface area contributed by atoms with Crippen LogP contribution in [0.15, 0.2) is 59.2 Å². The Morgan fingerprint density at radius 1 is 1.12 bits per heavy atom. The molecule has 5 N–H and O–H groups in total. The van der Waals surface area contributed by atoms with Crippen LogP contribution in [0, 0.1) is 0 Å². The van der Waals surface area contributed by atoms with Crippen molar-refractivity contribution >= 4 is 17.3 Å². The van der Waals surface area contributed by atoms with E-state index >= 15 is 0 Å². The molecule has 0 aliphatic heterocycles. The molecule has 6 heteroatoms. The summed E-state index contributed by atoms with van der Waals surface area (Å²) in [6, 6.07) is 15.2. The fraction of sp³-hybridized carbons (Fsp3) is 0.200. The molecule has 1 heterocycles. The van der Waals surface area contributed by atoms with Gasteiger partial charge in [0.25, 0.3) is 5.91 Å². The van der Waals surface area contributed by atoms with Gasteiger partial charge in [0, 0.05) is 11.4 Å². The van der Waals surface area contributed by atoms with Crippen molar-refractivity contribution in [3.05, 3.63) is 77.5 Å². The first kappa shape index (κ1) is 17.7. The molecule has 1 atom stereocenters. The van der Waals surface area contributed by atoms with Crippen molar-refractivity contribution in [1.82, 2.24) is 4.98 Å². The quantitative estimate of drug-likeness (QED) is 0.590. The molecule has 1 unspecified atom stereocenters. The minimum atomic E-state index is -0.324. The average Bonchev–Trinajstić information content (AvgIpc) is 3.15. The number of nitrogens with one attached hydrogen (secondary N) is 1. The SMILES string of the molecule is CCC(N)c1nc(C(=O)Nc2ccc(Cc3ccc(N)cc3)cc2)co1. The van der Waals surface area contributed by atoms with E-state index in [2.05, 4.69) is 10.3 Å². The van der Waals surface area contributed by atoms with Gasteiger partial charge in [-0.05, 0) is 48.2 Å². The van der Waals surface area contributed by atoms with Gasteiger partial charge in [-0.1, -0.05) is 31.2 Å². The van der Waals surface area contributed by atoms with Crippen LogP contribution < -0.4 is 16.8 Å². The highest BCUT2D eigenvalue weighted by Crippen LogP contribution is 2.17. The van der Waals surface area contributed by atoms with Gasteiger partial charge in [-0.3, -0.25) is 4.79 Å². The van der Waals surface area contributed by atoms with Crippen molar-refractivity contribution in [1.29, 1.82) is 0 Å². The van der Waals surface area contributed by atoms with Crippen molar-refractivity contribution in [3.63, 3.8) is 0 Å². The van der Waals surface area contributed by atoms with Crippen LogP contribution in [-0.4, -0.2) is 10.9 Å². The van der Waals surface area contributed by atoms with Gasteiger partial charge in [-0.25, -0.2) is 4.98 Å². The molecule has 26 heavy (non-hydrogen) atoms. The van der Waals surface area contributed by atoms with E-state index in [9.17, 15) is 4.79 Å². The number of carbonyl (C=O) groups is 1. The largest absolute Gasteiger partial charge is 0.446 e. The van der Waals surface area contributed by atoms with Gasteiger partial charge in [0.1, 0.15) is 6.26 Å². The number of nitrogens with zero attached hydrogens (tertiary/aromatic N) is 1. The Labute approximate surface area is 152 Å². The smallest absolute Gasteiger partial charge is 0.277 e. The van der Waals surface area contributed by atoms with Gasteiger partial charge >= 0.3 is 0 Å². The number of benzene rings is 2. The predicted octanol–water partition coefficient (Wildman–Crippen LogP) is 3.51. The molecule has 1 amide bonds. The first-order valence-corrected chi connectivity index (χ1v) is 8.51. The van der Waals surface area contributed by atoms with Crippen molar-refractivity contribution in [2.75, 3.05) is 11.1 Å². The Hall–Kier alpha value is -3.12. The standard InChI is InChI=1S/C20H22N4O2/c1-2-17(22)20-24-18(12-26-20)19(25)23-16-9-5-14(6-10-16)11-13-3-7-15(21)8-4-13/h3-10,12,17H,2,11,21-22H2,1H3,(H,23,25). The van der Waals surface area contributed by atoms with Crippen LogP contribution in [0.4, 0.5) is 11.4 Å². The third kappa shape index (κ3) is 4.29. The Kier molecular flexibility index (Phi) is 5.34. The molecule has 6 nitrogen and oxygen atoms in total. The van der Waals surface area contributed by atoms with Gasteiger partial charge < -0.3 is 21.2 Å². The third-order valence-electron chi connectivity index (χ3n) is 4.11. The molecule has 0 fully saturated rings. The lowest BCUT2D eigenvalue weighted by atomic mass is 10.0. The lowest BCUT2D eigenvalue weighted by molar-refractivity contribution is 0.102. The fourth-order valence-electron chi connectivity index (χ4n) is 2.51. The van der Waals surface area contributed by atoms with Crippen molar-refractivity contribution < 1.29 is 9.21 Å². The second kappa shape index (κ2) is 7.84. The number of amides is 1. The van der Waals surface area contributed by atoms with Gasteiger partial charge in [-0.2, -0.15) is 0 Å². The Morgan fingerprint density at radius 3 is 2.35 bits per heavy atom. The third-order valence-corrected chi connectivity index (χ3v) is 4.11. The molecule has 0 radical (unpaired) electrons. The summed E-state index contributed by atoms with van der Waals surface area (Å²) >= 11 is 0. The number of hydrogen-bond donors (Lipinski definition) is 3. The molecule has 0 aliphatic carbocycles. The first-order chi connectivity index (χ1) is 12.5. The molecule has 3 rings (SSSR count). The Balaban J connectivity index is 1.62. The highest BCUT2D eigenvalue weighted by atomic mass is 16.3. The number of nitrogens with two attached hydrogens (primary N) is 2. The maximum absolute atomic E-state index is 12.3. The topological polar surface area (TPSA) is 107 Å². The molecular weight excluding hydrogens is 328 g/mol. The van der Waals surface area contributed by atoms with E-state index in [-0.39, 0.29) is 17.6 Å². The summed E-state index contributed by atoms with van der Waals surface area (Å²) in [7, 11) is 0. The molecule has 0 aliphatic rings. The van der Waals surface area contributed by atoms with E-state index in [4.69, 9.17) is 15.9 Å². The number of nitrogen functional groups attached to an aromatic ring is 1. The second-order valence-electron chi connectivity index (χ2n) is 6.16. The van der Waals surface area contributed by atoms with Crippen LogP contribution in [0.5, 0.6) is 0 Å². The van der Waals surface area contributed by atoms with Crippen LogP contribution in [0.2, 0.25) is 0 Å². The molecule has 1 aromatic heterocycles. The zero-order valence-corrected chi connectivity index (χ0v) is 14.6. The van der Waals surface area contributed by atoms with E-state index < -0.39 is 0 Å². The number of anilines is 2. The number of oxazole rings is 1. The van der Waals surface area contributed by atoms with Gasteiger partial charge in [-0.15, -0.1) is 0 Å². The minimum absolute atomic E-state index is 0.217. The van der Waals surface area contributed by atoms with Crippen molar-refractivity contribution in [2.24, 2.45) is 5.73 Å². The van der Waals surface area contributed by atoms with Crippen LogP contribution in [-0.2, 0) is 6.42 Å². The predicted molar refractivity (Wildman–Crippen MR) is 102 cm³/mol. The maximum Gasteiger partial charge on any atom is 0.277 e. The van der Waals surface area contributed by atoms with E-state index in [0.29, 0.717) is 18.0 Å². The molecule has 134 valence electrons. The highest BCUT2D eigenvalue weighted by Gasteiger charge is 2.16. The van der Waals surface area contributed by atoms with Crippen LogP contribution in [0.1, 0.15) is 46.9 Å². The molecule has 0 saturated carbocycles. The van der Waals surface area contributed by atoms with Gasteiger partial charge in [0.2, 0.25) is 5.89 Å². The van der Waals surface area contributed by atoms with E-state index in [1.807, 2.05) is 55.5 Å². The van der Waals surface area contributed by atoms with E-state index in [1.54, 1.807) is 0 Å². The molecule has 0 spiro atoms. The zero-order valence-electron chi connectivity index (χ0n) is 14.6. The molecule has 2 aromatic carbocycles. The lowest BCUT2D eigenvalue weighted by Crippen LogP contribution is -2.14. The molecular formula is C20H22N4O2. The number of carbonyl (C=O) groups excluding carboxylic acids is 1. The van der Waals surface area contributed by atoms with Crippen LogP contribution in [0.3, 0.4) is 0 Å². The summed E-state index contributed by atoms with van der Waals surface area (Å²) in [6.07, 6.45) is 2.82. The monoisotopic (exact) mass is 350 g/mol. The average molecular weight is 350 g/mol. The summed E-state index contributed by atoms with van der Waals surface area (Å²) < 4.78 is 5.26. The maximum atomic E-state index is 12.3. The normalized spacial score (nSPS) is 11.9. The van der Waals surface area contributed by atoms with Crippen molar-refractivity contribution in [2.45, 2.75) is 25.8 Å². The molecule has 0 saturated heterocycles. The summed E-state index contributed by atoms with van der Waals surface area (Å²) in [5, 5.41) is 2.81. The zero-order chi connectivity index (χ0) is 18.5. The summed E-state index contributed by atoms with van der Waals surface area (Å²) in [6.45, 7) is 1.93. The van der Waals surface area contributed by atoms with Crippen LogP contribution in [0.25, 0.3) is 0 Å². The van der Waals surface area contributed by atoms with E-state index in [0.717, 1.165) is 17.7 Å².